The van der Waals surface area contributed by atoms with Crippen LogP contribution in [0.3, 0.4) is 0 Å². The van der Waals surface area contributed by atoms with Gasteiger partial charge in [-0.05, 0) is 49.1 Å². The first-order valence-corrected chi connectivity index (χ1v) is 9.93. The second kappa shape index (κ2) is 7.58. The zero-order chi connectivity index (χ0) is 17.1. The van der Waals surface area contributed by atoms with Gasteiger partial charge in [0, 0.05) is 40.6 Å². The first-order chi connectivity index (χ1) is 12.3. The molecule has 1 aromatic heterocycles. The number of hydrogen-bond donors (Lipinski definition) is 2. The molecule has 2 aromatic rings. The number of benzene rings is 1. The summed E-state index contributed by atoms with van der Waals surface area (Å²) in [5, 5.41) is 7.15. The minimum Gasteiger partial charge on any atom is -0.360 e. The predicted octanol–water partition coefficient (Wildman–Crippen LogP) is 4.28. The largest absolute Gasteiger partial charge is 0.360 e. The van der Waals surface area contributed by atoms with Crippen molar-refractivity contribution in [2.24, 2.45) is 5.92 Å². The highest BCUT2D eigenvalue weighted by molar-refractivity contribution is 8.00. The summed E-state index contributed by atoms with van der Waals surface area (Å²) < 4.78 is 0. The first kappa shape index (κ1) is 16.6. The van der Waals surface area contributed by atoms with E-state index in [9.17, 15) is 4.79 Å². The number of nitrogens with one attached hydrogen (secondary N) is 2. The van der Waals surface area contributed by atoms with Crippen molar-refractivity contribution in [2.75, 3.05) is 11.9 Å². The van der Waals surface area contributed by atoms with Crippen LogP contribution in [0.1, 0.15) is 48.0 Å². The van der Waals surface area contributed by atoms with Crippen LogP contribution in [0.4, 0.5) is 5.69 Å². The van der Waals surface area contributed by atoms with Crippen LogP contribution < -0.4 is 10.6 Å². The Hall–Kier alpha value is -1.85. The van der Waals surface area contributed by atoms with Crippen LogP contribution in [0, 0.1) is 5.92 Å². The summed E-state index contributed by atoms with van der Waals surface area (Å²) >= 11 is 1.76. The van der Waals surface area contributed by atoms with Gasteiger partial charge in [0.2, 0.25) is 0 Å². The summed E-state index contributed by atoms with van der Waals surface area (Å²) in [6.45, 7) is 1.07. The second-order valence-corrected chi connectivity index (χ2v) is 7.98. The lowest BCUT2D eigenvalue weighted by Gasteiger charge is -2.23. The molecule has 2 aliphatic rings. The van der Waals surface area contributed by atoms with E-state index >= 15 is 0 Å². The van der Waals surface area contributed by atoms with Crippen LogP contribution in [0.15, 0.2) is 47.6 Å². The Morgan fingerprint density at radius 1 is 1.12 bits per heavy atom. The third kappa shape index (κ3) is 3.88. The van der Waals surface area contributed by atoms with E-state index in [2.05, 4.69) is 15.6 Å². The molecule has 1 atom stereocenters. The number of rotatable bonds is 5. The molecular formula is C20H23N3OS. The minimum absolute atomic E-state index is 0.0458. The van der Waals surface area contributed by atoms with Crippen molar-refractivity contribution in [3.63, 3.8) is 0 Å². The van der Waals surface area contributed by atoms with Crippen LogP contribution >= 0.6 is 11.8 Å². The molecule has 0 radical (unpaired) electrons. The van der Waals surface area contributed by atoms with Crippen LogP contribution in [-0.4, -0.2) is 22.8 Å². The molecule has 1 saturated carbocycles. The number of carbonyl (C=O) groups excluding carboxylic acids is 1. The van der Waals surface area contributed by atoms with Gasteiger partial charge in [-0.3, -0.25) is 15.1 Å². The van der Waals surface area contributed by atoms with Crippen LogP contribution in [0.25, 0.3) is 0 Å². The highest BCUT2D eigenvalue weighted by Crippen LogP contribution is 2.38. The maximum Gasteiger partial charge on any atom is 0.193 e. The molecule has 0 saturated heterocycles. The monoisotopic (exact) mass is 353 g/mol. The minimum atomic E-state index is 0.0458. The zero-order valence-corrected chi connectivity index (χ0v) is 15.0. The summed E-state index contributed by atoms with van der Waals surface area (Å²) in [4.78, 5) is 17.7. The van der Waals surface area contributed by atoms with Gasteiger partial charge in [-0.1, -0.05) is 31.0 Å². The Kier molecular flexibility index (Phi) is 5.04. The first-order valence-electron chi connectivity index (χ1n) is 9.05. The fourth-order valence-corrected chi connectivity index (χ4v) is 4.67. The number of anilines is 1. The third-order valence-electron chi connectivity index (χ3n) is 5.03. The average molecular weight is 353 g/mol. The van der Waals surface area contributed by atoms with E-state index in [0.717, 1.165) is 28.6 Å². The van der Waals surface area contributed by atoms with Gasteiger partial charge in [0.1, 0.15) is 5.50 Å². The van der Waals surface area contributed by atoms with Gasteiger partial charge in [-0.2, -0.15) is 0 Å². The van der Waals surface area contributed by atoms with E-state index in [-0.39, 0.29) is 11.3 Å². The number of aromatic nitrogens is 1. The zero-order valence-electron chi connectivity index (χ0n) is 14.2. The quantitative estimate of drug-likeness (QED) is 0.786. The van der Waals surface area contributed by atoms with Gasteiger partial charge in [-0.15, -0.1) is 0 Å². The van der Waals surface area contributed by atoms with E-state index in [1.807, 2.05) is 18.2 Å². The molecule has 1 fully saturated rings. The topological polar surface area (TPSA) is 54.0 Å². The number of fused-ring (bicyclic) bond motifs is 1. The van der Waals surface area contributed by atoms with Crippen molar-refractivity contribution in [3.05, 3.63) is 53.9 Å². The van der Waals surface area contributed by atoms with Crippen LogP contribution in [0.2, 0.25) is 0 Å². The molecule has 25 heavy (non-hydrogen) atoms. The van der Waals surface area contributed by atoms with E-state index in [1.54, 1.807) is 36.3 Å². The van der Waals surface area contributed by atoms with E-state index < -0.39 is 0 Å². The summed E-state index contributed by atoms with van der Waals surface area (Å²) in [7, 11) is 0. The molecule has 1 unspecified atom stereocenters. The summed E-state index contributed by atoms with van der Waals surface area (Å²) in [5.74, 6) is 0.855. The SMILES string of the molecule is O=C(c1ccncc1)c1ccc2c(c1)SC(NCC1CCCCC1)N2. The molecule has 1 aliphatic heterocycles. The molecule has 4 rings (SSSR count). The number of nitrogens with zero attached hydrogens (tertiary/aromatic N) is 1. The van der Waals surface area contributed by atoms with E-state index in [0.29, 0.717) is 5.56 Å². The Labute approximate surface area is 152 Å². The van der Waals surface area contributed by atoms with Gasteiger partial charge in [0.25, 0.3) is 0 Å². The van der Waals surface area contributed by atoms with Crippen LogP contribution in [-0.2, 0) is 0 Å². The van der Waals surface area contributed by atoms with Crippen molar-refractivity contribution in [3.8, 4) is 0 Å². The Morgan fingerprint density at radius 3 is 2.72 bits per heavy atom. The predicted molar refractivity (Wildman–Crippen MR) is 102 cm³/mol. The van der Waals surface area contributed by atoms with Gasteiger partial charge in [0.15, 0.2) is 5.78 Å². The number of pyridine rings is 1. The summed E-state index contributed by atoms with van der Waals surface area (Å²) in [5.41, 5.74) is 2.71. The smallest absolute Gasteiger partial charge is 0.193 e. The lowest BCUT2D eigenvalue weighted by atomic mass is 9.89. The van der Waals surface area contributed by atoms with Crippen molar-refractivity contribution in [2.45, 2.75) is 42.5 Å². The second-order valence-electron chi connectivity index (χ2n) is 6.83. The molecule has 1 aliphatic carbocycles. The molecule has 0 amide bonds. The normalized spacial score (nSPS) is 20.1. The molecule has 4 nitrogen and oxygen atoms in total. The Morgan fingerprint density at radius 2 is 1.92 bits per heavy atom. The molecule has 0 spiro atoms. The number of carbonyl (C=O) groups is 1. The maximum absolute atomic E-state index is 12.6. The van der Waals surface area contributed by atoms with E-state index in [4.69, 9.17) is 0 Å². The molecule has 0 bridgehead atoms. The lowest BCUT2D eigenvalue weighted by Crippen LogP contribution is -2.35. The Balaban J connectivity index is 1.39. The number of thioether (sulfide) groups is 1. The summed E-state index contributed by atoms with van der Waals surface area (Å²) in [6, 6.07) is 9.43. The third-order valence-corrected chi connectivity index (χ3v) is 6.15. The van der Waals surface area contributed by atoms with Gasteiger partial charge >= 0.3 is 0 Å². The van der Waals surface area contributed by atoms with E-state index in [1.165, 1.54) is 32.1 Å². The average Bonchev–Trinajstić information content (AvgIpc) is 3.09. The van der Waals surface area contributed by atoms with Crippen molar-refractivity contribution >= 4 is 23.2 Å². The fraction of sp³-hybridized carbons (Fsp3) is 0.400. The fourth-order valence-electron chi connectivity index (χ4n) is 3.61. The standard InChI is InChI=1S/C20H23N3OS/c24-19(15-8-10-21-11-9-15)16-6-7-17-18(12-16)25-20(23-17)22-13-14-4-2-1-3-5-14/h6-12,14,20,22-23H,1-5,13H2. The molecule has 2 heterocycles. The number of hydrogen-bond acceptors (Lipinski definition) is 5. The molecule has 2 N–H and O–H groups in total. The molecule has 130 valence electrons. The van der Waals surface area contributed by atoms with Crippen molar-refractivity contribution < 1.29 is 4.79 Å². The molecular weight excluding hydrogens is 330 g/mol. The van der Waals surface area contributed by atoms with Gasteiger partial charge in [0.05, 0.1) is 0 Å². The Bertz CT molecular complexity index is 744. The summed E-state index contributed by atoms with van der Waals surface area (Å²) in [6.07, 6.45) is 10.2. The van der Waals surface area contributed by atoms with Crippen molar-refractivity contribution in [1.82, 2.24) is 10.3 Å². The van der Waals surface area contributed by atoms with Crippen LogP contribution in [0.5, 0.6) is 0 Å². The maximum atomic E-state index is 12.6. The highest BCUT2D eigenvalue weighted by Gasteiger charge is 2.24. The van der Waals surface area contributed by atoms with Crippen molar-refractivity contribution in [1.29, 1.82) is 0 Å². The van der Waals surface area contributed by atoms with Gasteiger partial charge in [-0.25, -0.2) is 0 Å². The number of ketones is 1. The molecule has 5 heteroatoms. The highest BCUT2D eigenvalue weighted by atomic mass is 32.2. The van der Waals surface area contributed by atoms with Gasteiger partial charge < -0.3 is 5.32 Å². The lowest BCUT2D eigenvalue weighted by molar-refractivity contribution is 0.103. The molecule has 1 aromatic carbocycles.